The molecular weight excluding hydrogens is 322 g/mol. The predicted octanol–water partition coefficient (Wildman–Crippen LogP) is 3.90. The summed E-state index contributed by atoms with van der Waals surface area (Å²) in [6.07, 6.45) is 3.79. The Kier molecular flexibility index (Phi) is 4.36. The van der Waals surface area contributed by atoms with Crippen LogP contribution in [0, 0.1) is 19.3 Å². The van der Waals surface area contributed by atoms with Crippen LogP contribution in [-0.4, -0.2) is 34.6 Å². The van der Waals surface area contributed by atoms with Crippen molar-refractivity contribution in [2.24, 2.45) is 5.41 Å². The third kappa shape index (κ3) is 2.66. The highest BCUT2D eigenvalue weighted by Gasteiger charge is 2.57. The van der Waals surface area contributed by atoms with Gasteiger partial charge in [-0.15, -0.1) is 0 Å². The van der Waals surface area contributed by atoms with Crippen molar-refractivity contribution in [1.82, 2.24) is 4.90 Å². The summed E-state index contributed by atoms with van der Waals surface area (Å²) in [4.78, 5) is 15.6. The summed E-state index contributed by atoms with van der Waals surface area (Å²) in [5.74, 6) is 0.150. The minimum atomic E-state index is -0.212. The quantitative estimate of drug-likeness (QED) is 0.909. The molecule has 2 fully saturated rings. The second kappa shape index (κ2) is 6.55. The molecule has 4 rings (SSSR count). The number of carbonyl (C=O) groups excluding carboxylic acids is 1. The fourth-order valence-electron chi connectivity index (χ4n) is 5.30. The Bertz CT molecular complexity index is 796. The number of aliphatic hydroxyl groups is 1. The van der Waals surface area contributed by atoms with Crippen LogP contribution in [0.2, 0.25) is 0 Å². The van der Waals surface area contributed by atoms with Crippen molar-refractivity contribution < 1.29 is 9.90 Å². The molecule has 3 nitrogen and oxygen atoms in total. The maximum atomic E-state index is 13.4. The lowest BCUT2D eigenvalue weighted by Gasteiger charge is -2.36. The second-order valence-electron chi connectivity index (χ2n) is 8.11. The molecule has 0 saturated carbocycles. The maximum absolute atomic E-state index is 13.4. The third-order valence-electron chi connectivity index (χ3n) is 6.49. The van der Waals surface area contributed by atoms with Gasteiger partial charge < -0.3 is 10.0 Å². The maximum Gasteiger partial charge on any atom is 0.254 e. The zero-order chi connectivity index (χ0) is 18.3. The highest BCUT2D eigenvalue weighted by molar-refractivity contribution is 5.98. The Morgan fingerprint density at radius 3 is 2.42 bits per heavy atom. The van der Waals surface area contributed by atoms with Crippen LogP contribution in [0.25, 0.3) is 0 Å². The largest absolute Gasteiger partial charge is 0.396 e. The Labute approximate surface area is 155 Å². The zero-order valence-corrected chi connectivity index (χ0v) is 15.6. The third-order valence-corrected chi connectivity index (χ3v) is 6.49. The summed E-state index contributed by atoms with van der Waals surface area (Å²) in [6, 6.07) is 16.8. The number of benzene rings is 2. The molecule has 1 amide bonds. The van der Waals surface area contributed by atoms with E-state index in [4.69, 9.17) is 0 Å². The van der Waals surface area contributed by atoms with Crippen molar-refractivity contribution >= 4 is 5.91 Å². The van der Waals surface area contributed by atoms with Crippen LogP contribution < -0.4 is 0 Å². The van der Waals surface area contributed by atoms with Gasteiger partial charge in [-0.1, -0.05) is 48.5 Å². The van der Waals surface area contributed by atoms with Gasteiger partial charge in [-0.2, -0.15) is 0 Å². The molecule has 2 heterocycles. The van der Waals surface area contributed by atoms with Crippen molar-refractivity contribution in [1.29, 1.82) is 0 Å². The van der Waals surface area contributed by atoms with Crippen LogP contribution in [0.15, 0.2) is 48.5 Å². The Morgan fingerprint density at radius 2 is 1.77 bits per heavy atom. The standard InChI is InChI=1S/C23H27NO2/c1-16-7-6-8-17(2)21(16)22(26)24-19-11-12-20(24)23(14-19,15-25)13-18-9-4-3-5-10-18/h3-10,19-20,25H,11-15H2,1-2H3/t19-,20+,23-/m0/s1. The molecular formula is C23H27NO2. The molecule has 0 unspecified atom stereocenters. The Morgan fingerprint density at radius 1 is 1.08 bits per heavy atom. The number of aliphatic hydroxyl groups excluding tert-OH is 1. The van der Waals surface area contributed by atoms with E-state index < -0.39 is 0 Å². The minimum Gasteiger partial charge on any atom is -0.396 e. The lowest BCUT2D eigenvalue weighted by atomic mass is 9.70. The molecule has 2 saturated heterocycles. The first-order valence-electron chi connectivity index (χ1n) is 9.59. The smallest absolute Gasteiger partial charge is 0.254 e. The molecule has 2 aromatic carbocycles. The van der Waals surface area contributed by atoms with Gasteiger partial charge in [0.15, 0.2) is 0 Å². The fraction of sp³-hybridized carbons (Fsp3) is 0.435. The fourth-order valence-corrected chi connectivity index (χ4v) is 5.30. The van der Waals surface area contributed by atoms with Gasteiger partial charge in [-0.25, -0.2) is 0 Å². The summed E-state index contributed by atoms with van der Waals surface area (Å²) >= 11 is 0. The van der Waals surface area contributed by atoms with Gasteiger partial charge in [-0.05, 0) is 56.2 Å². The molecule has 1 N–H and O–H groups in total. The molecule has 3 atom stereocenters. The van der Waals surface area contributed by atoms with Crippen LogP contribution in [0.3, 0.4) is 0 Å². The molecule has 0 aromatic heterocycles. The number of amides is 1. The molecule has 136 valence electrons. The number of hydrogen-bond donors (Lipinski definition) is 1. The normalized spacial score (nSPS) is 27.1. The van der Waals surface area contributed by atoms with E-state index in [-0.39, 0.29) is 30.0 Å². The summed E-state index contributed by atoms with van der Waals surface area (Å²) in [6.45, 7) is 4.17. The van der Waals surface area contributed by atoms with E-state index in [0.717, 1.165) is 42.4 Å². The van der Waals surface area contributed by atoms with Crippen molar-refractivity contribution in [3.63, 3.8) is 0 Å². The van der Waals surface area contributed by atoms with Gasteiger partial charge in [-0.3, -0.25) is 4.79 Å². The zero-order valence-electron chi connectivity index (χ0n) is 15.6. The van der Waals surface area contributed by atoms with Crippen molar-refractivity contribution in [3.05, 3.63) is 70.8 Å². The van der Waals surface area contributed by atoms with E-state index in [1.807, 2.05) is 50.2 Å². The van der Waals surface area contributed by atoms with Gasteiger partial charge in [0.2, 0.25) is 0 Å². The molecule has 2 bridgehead atoms. The van der Waals surface area contributed by atoms with Gasteiger partial charge in [0.25, 0.3) is 5.91 Å². The van der Waals surface area contributed by atoms with E-state index in [1.165, 1.54) is 5.56 Å². The first-order valence-corrected chi connectivity index (χ1v) is 9.59. The SMILES string of the molecule is Cc1cccc(C)c1C(=O)N1[C@H]2CC[C@@H]1[C@@](CO)(Cc1ccccc1)C2. The van der Waals surface area contributed by atoms with Crippen molar-refractivity contribution in [2.45, 2.75) is 51.6 Å². The molecule has 26 heavy (non-hydrogen) atoms. The predicted molar refractivity (Wildman–Crippen MR) is 103 cm³/mol. The monoisotopic (exact) mass is 349 g/mol. The molecule has 0 radical (unpaired) electrons. The van der Waals surface area contributed by atoms with Crippen LogP contribution in [-0.2, 0) is 6.42 Å². The molecule has 3 heteroatoms. The minimum absolute atomic E-state index is 0.129. The lowest BCUT2D eigenvalue weighted by Crippen LogP contribution is -2.44. The van der Waals surface area contributed by atoms with Gasteiger partial charge in [0, 0.05) is 23.1 Å². The summed E-state index contributed by atoms with van der Waals surface area (Å²) in [5.41, 5.74) is 3.96. The molecule has 2 aliphatic rings. The van der Waals surface area contributed by atoms with Crippen LogP contribution in [0.4, 0.5) is 0 Å². The van der Waals surface area contributed by atoms with E-state index in [0.29, 0.717) is 0 Å². The second-order valence-corrected chi connectivity index (χ2v) is 8.11. The van der Waals surface area contributed by atoms with Crippen LogP contribution in [0.1, 0.15) is 46.3 Å². The highest BCUT2D eigenvalue weighted by atomic mass is 16.3. The van der Waals surface area contributed by atoms with Crippen LogP contribution >= 0.6 is 0 Å². The molecule has 0 aliphatic carbocycles. The number of nitrogens with zero attached hydrogens (tertiary/aromatic N) is 1. The molecule has 2 aromatic rings. The van der Waals surface area contributed by atoms with Gasteiger partial charge >= 0.3 is 0 Å². The molecule has 2 aliphatic heterocycles. The van der Waals surface area contributed by atoms with Crippen molar-refractivity contribution in [3.8, 4) is 0 Å². The number of hydrogen-bond acceptors (Lipinski definition) is 2. The Balaban J connectivity index is 1.66. The first-order chi connectivity index (χ1) is 12.6. The Hall–Kier alpha value is -2.13. The first kappa shape index (κ1) is 17.3. The summed E-state index contributed by atoms with van der Waals surface area (Å²) in [7, 11) is 0. The van der Waals surface area contributed by atoms with Gasteiger partial charge in [0.05, 0.1) is 6.61 Å². The number of rotatable bonds is 4. The lowest BCUT2D eigenvalue weighted by molar-refractivity contribution is 0.0570. The number of carbonyl (C=O) groups is 1. The summed E-state index contributed by atoms with van der Waals surface area (Å²) < 4.78 is 0. The number of aryl methyl sites for hydroxylation is 2. The van der Waals surface area contributed by atoms with E-state index >= 15 is 0 Å². The van der Waals surface area contributed by atoms with Gasteiger partial charge in [0.1, 0.15) is 0 Å². The molecule has 0 spiro atoms. The summed E-state index contributed by atoms with van der Waals surface area (Å²) in [5, 5.41) is 10.3. The van der Waals surface area contributed by atoms with Crippen LogP contribution in [0.5, 0.6) is 0 Å². The number of fused-ring (bicyclic) bond motifs is 2. The highest BCUT2D eigenvalue weighted by Crippen LogP contribution is 2.52. The van der Waals surface area contributed by atoms with E-state index in [1.54, 1.807) is 0 Å². The van der Waals surface area contributed by atoms with Crippen molar-refractivity contribution in [2.75, 3.05) is 6.61 Å². The average Bonchev–Trinajstić information content (AvgIpc) is 3.18. The average molecular weight is 349 g/mol. The topological polar surface area (TPSA) is 40.5 Å². The van der Waals surface area contributed by atoms with E-state index in [2.05, 4.69) is 17.0 Å². The van der Waals surface area contributed by atoms with E-state index in [9.17, 15) is 9.90 Å².